The molecule has 2 aromatic carbocycles. The number of aliphatic hydroxyl groups excluding tert-OH is 1. The molecule has 3 fully saturated rings. The summed E-state index contributed by atoms with van der Waals surface area (Å²) >= 11 is 5.44. The third-order valence-corrected chi connectivity index (χ3v) is 12.1. The average molecular weight is 683 g/mol. The Labute approximate surface area is 272 Å². The van der Waals surface area contributed by atoms with Gasteiger partial charge < -0.3 is 24.5 Å². The van der Waals surface area contributed by atoms with E-state index in [0.29, 0.717) is 37.6 Å². The van der Waals surface area contributed by atoms with Gasteiger partial charge in [-0.3, -0.25) is 14.4 Å². The highest BCUT2D eigenvalue weighted by atomic mass is 79.9. The van der Waals surface area contributed by atoms with Crippen molar-refractivity contribution in [2.45, 2.75) is 53.7 Å². The number of benzene rings is 2. The van der Waals surface area contributed by atoms with Crippen LogP contribution in [0.4, 0.5) is 5.69 Å². The number of rotatable bonds is 13. The highest BCUT2D eigenvalue weighted by Crippen LogP contribution is 2.68. The number of hydrogen-bond acceptors (Lipinski definition) is 6. The molecule has 44 heavy (non-hydrogen) atoms. The third-order valence-electron chi connectivity index (χ3n) is 8.90. The monoisotopic (exact) mass is 681 g/mol. The molecule has 3 heterocycles. The van der Waals surface area contributed by atoms with Gasteiger partial charge in [-0.15, -0.1) is 24.9 Å². The third kappa shape index (κ3) is 5.61. The van der Waals surface area contributed by atoms with Crippen LogP contribution in [0.1, 0.15) is 25.8 Å². The van der Waals surface area contributed by atoms with Gasteiger partial charge in [-0.05, 0) is 50.1 Å². The fraction of sp³-hybridized carbons (Fsp3) is 0.441. The van der Waals surface area contributed by atoms with E-state index in [9.17, 15) is 19.5 Å². The normalized spacial score (nSPS) is 27.5. The summed E-state index contributed by atoms with van der Waals surface area (Å²) in [5.74, 6) is -1.28. The Balaban J connectivity index is 1.54. The lowest BCUT2D eigenvalue weighted by Gasteiger charge is -2.39. The number of carbonyl (C=O) groups excluding carboxylic acids is 3. The molecule has 3 unspecified atom stereocenters. The summed E-state index contributed by atoms with van der Waals surface area (Å²) in [5.41, 5.74) is 1.65. The SMILES string of the molecule is C=CCN(Cc1ccccc1)C(=O)C1N([C@H](C)CO)C(=O)[C@@H]2[C@@H](C(=O)N(CC=C)c3ccc(OCC)cc3)[C@@H]3SC12CC3Br. The zero-order valence-electron chi connectivity index (χ0n) is 25.2. The first-order valence-corrected chi connectivity index (χ1v) is 16.9. The Morgan fingerprint density at radius 2 is 1.82 bits per heavy atom. The Morgan fingerprint density at radius 1 is 1.14 bits per heavy atom. The molecule has 0 aliphatic carbocycles. The van der Waals surface area contributed by atoms with Crippen molar-refractivity contribution >= 4 is 51.1 Å². The second kappa shape index (κ2) is 13.5. The Kier molecular flexibility index (Phi) is 9.92. The Morgan fingerprint density at radius 3 is 2.43 bits per heavy atom. The second-order valence-electron chi connectivity index (χ2n) is 11.6. The number of hydrogen-bond donors (Lipinski definition) is 1. The lowest BCUT2D eigenvalue weighted by atomic mass is 9.70. The van der Waals surface area contributed by atoms with Gasteiger partial charge >= 0.3 is 0 Å². The van der Waals surface area contributed by atoms with Crippen molar-refractivity contribution in [3.05, 3.63) is 85.5 Å². The highest BCUT2D eigenvalue weighted by molar-refractivity contribution is 9.09. The summed E-state index contributed by atoms with van der Waals surface area (Å²) in [5, 5.41) is 10.1. The fourth-order valence-corrected chi connectivity index (χ4v) is 10.7. The van der Waals surface area contributed by atoms with Crippen LogP contribution in [0.2, 0.25) is 0 Å². The van der Waals surface area contributed by atoms with Gasteiger partial charge in [-0.1, -0.05) is 58.4 Å². The van der Waals surface area contributed by atoms with E-state index in [1.165, 1.54) is 0 Å². The molecule has 0 aromatic heterocycles. The fourth-order valence-electron chi connectivity index (χ4n) is 7.08. The number of amides is 3. The molecule has 5 rings (SSSR count). The van der Waals surface area contributed by atoms with E-state index in [2.05, 4.69) is 29.1 Å². The molecule has 3 saturated heterocycles. The molecule has 0 saturated carbocycles. The summed E-state index contributed by atoms with van der Waals surface area (Å²) in [6.45, 7) is 12.6. The number of carbonyl (C=O) groups is 3. The van der Waals surface area contributed by atoms with Gasteiger partial charge in [0.2, 0.25) is 17.7 Å². The molecule has 0 radical (unpaired) electrons. The predicted molar refractivity (Wildman–Crippen MR) is 178 cm³/mol. The molecule has 3 aliphatic heterocycles. The molecule has 2 bridgehead atoms. The van der Waals surface area contributed by atoms with Gasteiger partial charge in [0.1, 0.15) is 11.8 Å². The number of nitrogens with zero attached hydrogens (tertiary/aromatic N) is 3. The van der Waals surface area contributed by atoms with Crippen molar-refractivity contribution < 1.29 is 24.2 Å². The number of ether oxygens (including phenoxy) is 1. The molecule has 1 spiro atoms. The van der Waals surface area contributed by atoms with Crippen molar-refractivity contribution in [3.63, 3.8) is 0 Å². The first-order chi connectivity index (χ1) is 21.2. The van der Waals surface area contributed by atoms with Crippen LogP contribution < -0.4 is 9.64 Å². The van der Waals surface area contributed by atoms with Crippen LogP contribution in [0, 0.1) is 11.8 Å². The maximum Gasteiger partial charge on any atom is 0.247 e. The number of alkyl halides is 1. The van der Waals surface area contributed by atoms with Crippen molar-refractivity contribution in [1.29, 1.82) is 0 Å². The lowest BCUT2D eigenvalue weighted by Crippen LogP contribution is -2.57. The number of anilines is 1. The molecule has 2 aromatic rings. The number of likely N-dealkylation sites (tertiary alicyclic amines) is 1. The second-order valence-corrected chi connectivity index (χ2v) is 14.3. The van der Waals surface area contributed by atoms with E-state index in [1.807, 2.05) is 61.5 Å². The summed E-state index contributed by atoms with van der Waals surface area (Å²) in [6.07, 6.45) is 3.93. The molecule has 1 N–H and O–H groups in total. The minimum absolute atomic E-state index is 0.0712. The van der Waals surface area contributed by atoms with E-state index in [-0.39, 0.29) is 41.0 Å². The molecule has 234 valence electrons. The van der Waals surface area contributed by atoms with Crippen molar-refractivity contribution in [3.8, 4) is 5.75 Å². The van der Waals surface area contributed by atoms with E-state index < -0.39 is 28.7 Å². The first-order valence-electron chi connectivity index (χ1n) is 15.1. The molecule has 10 heteroatoms. The van der Waals surface area contributed by atoms with Crippen LogP contribution >= 0.6 is 27.7 Å². The summed E-state index contributed by atoms with van der Waals surface area (Å²) in [6, 6.07) is 15.6. The topological polar surface area (TPSA) is 90.4 Å². The van der Waals surface area contributed by atoms with Gasteiger partial charge in [0.05, 0.1) is 35.8 Å². The minimum atomic E-state index is -0.836. The molecule has 8 nitrogen and oxygen atoms in total. The van der Waals surface area contributed by atoms with Crippen LogP contribution in [0.5, 0.6) is 5.75 Å². The average Bonchev–Trinajstić information content (AvgIpc) is 3.63. The van der Waals surface area contributed by atoms with E-state index in [4.69, 9.17) is 4.74 Å². The minimum Gasteiger partial charge on any atom is -0.494 e. The van der Waals surface area contributed by atoms with Gasteiger partial charge in [-0.2, -0.15) is 0 Å². The maximum absolute atomic E-state index is 14.6. The number of halogens is 1. The predicted octanol–water partition coefficient (Wildman–Crippen LogP) is 4.66. The zero-order valence-corrected chi connectivity index (χ0v) is 27.6. The molecule has 7 atom stereocenters. The number of aliphatic hydroxyl groups is 1. The van der Waals surface area contributed by atoms with E-state index in [0.717, 1.165) is 5.56 Å². The van der Waals surface area contributed by atoms with Gasteiger partial charge in [0.25, 0.3) is 0 Å². The standard InChI is InChI=1S/C34H40BrN3O5S/c1-5-17-36(20-23-11-9-8-10-12-23)33(42)30-34-19-26(35)29(44-34)27(28(34)32(41)38(30)22(4)21-39)31(40)37(18-6-2)24-13-15-25(16-14-24)43-7-3/h5-6,8-16,22,26-30,39H,1-2,7,17-21H2,3-4H3/t22-,26?,27-,28+,29-,30?,34?/m1/s1. The van der Waals surface area contributed by atoms with Crippen LogP contribution in [-0.2, 0) is 20.9 Å². The van der Waals surface area contributed by atoms with Gasteiger partial charge in [0.15, 0.2) is 0 Å². The summed E-state index contributed by atoms with van der Waals surface area (Å²) in [7, 11) is 0. The van der Waals surface area contributed by atoms with Crippen LogP contribution in [0.3, 0.4) is 0 Å². The number of thioether (sulfide) groups is 1. The van der Waals surface area contributed by atoms with Crippen molar-refractivity contribution in [2.24, 2.45) is 11.8 Å². The summed E-state index contributed by atoms with van der Waals surface area (Å²) < 4.78 is 4.76. The number of fused-ring (bicyclic) bond motifs is 1. The van der Waals surface area contributed by atoms with Gasteiger partial charge in [0, 0.05) is 35.4 Å². The smallest absolute Gasteiger partial charge is 0.247 e. The highest BCUT2D eigenvalue weighted by Gasteiger charge is 2.76. The van der Waals surface area contributed by atoms with Gasteiger partial charge in [-0.25, -0.2) is 0 Å². The first kappa shape index (κ1) is 32.3. The Bertz CT molecular complexity index is 1390. The molecular weight excluding hydrogens is 642 g/mol. The van der Waals surface area contributed by atoms with Crippen LogP contribution in [-0.4, -0.2) is 85.8 Å². The van der Waals surface area contributed by atoms with Crippen molar-refractivity contribution in [2.75, 3.05) is 31.2 Å². The quantitative estimate of drug-likeness (QED) is 0.244. The largest absolute Gasteiger partial charge is 0.494 e. The molecule has 3 amide bonds. The van der Waals surface area contributed by atoms with E-state index >= 15 is 0 Å². The molecular formula is C34H40BrN3O5S. The van der Waals surface area contributed by atoms with Crippen LogP contribution in [0.15, 0.2) is 79.9 Å². The zero-order chi connectivity index (χ0) is 31.6. The lowest BCUT2D eigenvalue weighted by molar-refractivity contribution is -0.145. The summed E-state index contributed by atoms with van der Waals surface area (Å²) in [4.78, 5) is 48.5. The Hall–Kier alpha value is -3.08. The maximum atomic E-state index is 14.6. The van der Waals surface area contributed by atoms with Crippen molar-refractivity contribution in [1.82, 2.24) is 9.80 Å². The van der Waals surface area contributed by atoms with E-state index in [1.54, 1.807) is 45.5 Å². The molecule has 3 aliphatic rings. The van der Waals surface area contributed by atoms with Crippen LogP contribution in [0.25, 0.3) is 0 Å².